The SMILES string of the molecule is COC1C2CN(c3ccc4nc5ccc(=[N+]6CC7C(C=O)C7C6)cc-5sc4c3)CC21. The average molecular weight is 419 g/mol. The molecule has 1 aromatic rings. The molecule has 7 rings (SSSR count). The topological polar surface area (TPSA) is 45.4 Å². The van der Waals surface area contributed by atoms with E-state index in [-0.39, 0.29) is 0 Å². The first-order chi connectivity index (χ1) is 14.7. The van der Waals surface area contributed by atoms with E-state index in [1.54, 1.807) is 0 Å². The number of ether oxygens (including phenoxy) is 1. The van der Waals surface area contributed by atoms with E-state index in [1.807, 2.05) is 18.4 Å². The molecule has 4 atom stereocenters. The van der Waals surface area contributed by atoms with Crippen molar-refractivity contribution >= 4 is 33.5 Å². The van der Waals surface area contributed by atoms with Gasteiger partial charge in [0.2, 0.25) is 5.36 Å². The number of methoxy groups -OCH3 is 1. The first-order valence-corrected chi connectivity index (χ1v) is 11.7. The van der Waals surface area contributed by atoms with Crippen molar-refractivity contribution in [2.75, 3.05) is 38.2 Å². The molecule has 30 heavy (non-hydrogen) atoms. The standard InChI is InChI=1S/C24H24N3O2S/c1-29-24-17-10-27(11-18(17)24)14-3-5-21-23(7-14)30-22-6-13(2-4-20(22)25-21)26-8-15-16(9-26)19(15)12-28/h2-7,12,15-19,24H,8-11H2,1H3/q+1. The second kappa shape index (κ2) is 6.11. The van der Waals surface area contributed by atoms with Gasteiger partial charge in [0.1, 0.15) is 19.4 Å². The average Bonchev–Trinajstić information content (AvgIpc) is 3.46. The number of carbonyl (C=O) groups is 1. The van der Waals surface area contributed by atoms with E-state index in [1.165, 1.54) is 20.6 Å². The summed E-state index contributed by atoms with van der Waals surface area (Å²) in [4.78, 5) is 19.7. The van der Waals surface area contributed by atoms with Crippen LogP contribution in [0.25, 0.3) is 20.8 Å². The molecule has 0 radical (unpaired) electrons. The highest BCUT2D eigenvalue weighted by Crippen LogP contribution is 2.49. The van der Waals surface area contributed by atoms with Crippen LogP contribution in [0.4, 0.5) is 5.69 Å². The van der Waals surface area contributed by atoms with Gasteiger partial charge in [-0.25, -0.2) is 9.56 Å². The molecule has 0 N–H and O–H groups in total. The molecule has 152 valence electrons. The zero-order valence-electron chi connectivity index (χ0n) is 16.9. The first kappa shape index (κ1) is 17.4. The van der Waals surface area contributed by atoms with Crippen molar-refractivity contribution in [3.05, 3.63) is 41.8 Å². The molecule has 0 bridgehead atoms. The first-order valence-electron chi connectivity index (χ1n) is 10.9. The van der Waals surface area contributed by atoms with Crippen LogP contribution >= 0.6 is 11.3 Å². The highest BCUT2D eigenvalue weighted by atomic mass is 32.1. The normalized spacial score (nSPS) is 33.8. The second-order valence-electron chi connectivity index (χ2n) is 9.40. The van der Waals surface area contributed by atoms with Crippen molar-refractivity contribution in [3.63, 3.8) is 0 Å². The van der Waals surface area contributed by atoms with E-state index < -0.39 is 0 Å². The Morgan fingerprint density at radius 3 is 2.63 bits per heavy atom. The van der Waals surface area contributed by atoms with E-state index in [4.69, 9.17) is 9.72 Å². The van der Waals surface area contributed by atoms with E-state index in [0.29, 0.717) is 35.7 Å². The van der Waals surface area contributed by atoms with Gasteiger partial charge >= 0.3 is 0 Å². The van der Waals surface area contributed by atoms with Crippen LogP contribution < -0.4 is 14.8 Å². The molecule has 3 aliphatic carbocycles. The van der Waals surface area contributed by atoms with Gasteiger partial charge in [-0.1, -0.05) is 0 Å². The van der Waals surface area contributed by atoms with Crippen LogP contribution in [0.15, 0.2) is 36.4 Å². The number of benzene rings is 2. The smallest absolute Gasteiger partial charge is 0.201 e. The van der Waals surface area contributed by atoms with Gasteiger partial charge in [0.25, 0.3) is 0 Å². The maximum absolute atomic E-state index is 11.1. The van der Waals surface area contributed by atoms with Gasteiger partial charge in [0, 0.05) is 67.6 Å². The minimum atomic E-state index is 0.310. The Bertz CT molecular complexity index is 1210. The highest BCUT2D eigenvalue weighted by Gasteiger charge is 2.59. The summed E-state index contributed by atoms with van der Waals surface area (Å²) < 4.78 is 9.23. The monoisotopic (exact) mass is 418 g/mol. The maximum atomic E-state index is 11.1. The number of aromatic nitrogens is 1. The summed E-state index contributed by atoms with van der Waals surface area (Å²) in [5, 5.41) is 1.26. The van der Waals surface area contributed by atoms with Crippen LogP contribution in [0, 0.1) is 29.6 Å². The molecule has 0 amide bonds. The Hall–Kier alpha value is -2.31. The summed E-state index contributed by atoms with van der Waals surface area (Å²) >= 11 is 1.83. The van der Waals surface area contributed by atoms with E-state index in [2.05, 4.69) is 45.9 Å². The Balaban J connectivity index is 1.23. The molecule has 4 fully saturated rings. The van der Waals surface area contributed by atoms with Crippen molar-refractivity contribution in [2.45, 2.75) is 6.10 Å². The van der Waals surface area contributed by atoms with Gasteiger partial charge in [-0.05, 0) is 24.3 Å². The van der Waals surface area contributed by atoms with Crippen molar-refractivity contribution in [2.24, 2.45) is 29.6 Å². The Morgan fingerprint density at radius 1 is 1.10 bits per heavy atom. The lowest BCUT2D eigenvalue weighted by molar-refractivity contribution is -0.109. The largest absolute Gasteiger partial charge is 0.381 e. The molecule has 6 heteroatoms. The fourth-order valence-electron chi connectivity index (χ4n) is 6.01. The molecule has 3 heterocycles. The number of aldehydes is 1. The predicted molar refractivity (Wildman–Crippen MR) is 118 cm³/mol. The highest BCUT2D eigenvalue weighted by molar-refractivity contribution is 7.21. The number of hydrogen-bond donors (Lipinski definition) is 0. The number of anilines is 1. The van der Waals surface area contributed by atoms with E-state index in [9.17, 15) is 4.79 Å². The molecule has 2 saturated heterocycles. The van der Waals surface area contributed by atoms with E-state index >= 15 is 0 Å². The molecule has 3 aliphatic heterocycles. The zero-order valence-corrected chi connectivity index (χ0v) is 17.7. The summed E-state index contributed by atoms with van der Waals surface area (Å²) in [5.41, 5.74) is 3.43. The van der Waals surface area contributed by atoms with Crippen LogP contribution in [0.5, 0.6) is 0 Å². The van der Waals surface area contributed by atoms with Crippen molar-refractivity contribution in [1.82, 2.24) is 9.56 Å². The lowest BCUT2D eigenvalue weighted by Crippen LogP contribution is -2.30. The van der Waals surface area contributed by atoms with Gasteiger partial charge in [-0.15, -0.1) is 11.3 Å². The molecule has 1 aromatic carbocycles. The third kappa shape index (κ3) is 2.47. The second-order valence-corrected chi connectivity index (χ2v) is 10.5. The predicted octanol–water partition coefficient (Wildman–Crippen LogP) is 2.33. The minimum absolute atomic E-state index is 0.310. The minimum Gasteiger partial charge on any atom is -0.381 e. The van der Waals surface area contributed by atoms with Gasteiger partial charge in [-0.3, -0.25) is 0 Å². The molecule has 0 aromatic heterocycles. The summed E-state index contributed by atoms with van der Waals surface area (Å²) in [6, 6.07) is 13.3. The third-order valence-corrected chi connectivity index (χ3v) is 8.98. The van der Waals surface area contributed by atoms with Crippen LogP contribution in [0.3, 0.4) is 0 Å². The quantitative estimate of drug-likeness (QED) is 0.372. The molecule has 4 unspecified atom stereocenters. The summed E-state index contributed by atoms with van der Waals surface area (Å²) in [7, 11) is 1.84. The number of hydrogen-bond acceptors (Lipinski definition) is 5. The lowest BCUT2D eigenvalue weighted by Gasteiger charge is -2.22. The van der Waals surface area contributed by atoms with Crippen molar-refractivity contribution in [1.29, 1.82) is 0 Å². The van der Waals surface area contributed by atoms with Crippen LogP contribution in [-0.4, -0.2) is 50.7 Å². The lowest BCUT2D eigenvalue weighted by atomic mass is 10.2. The van der Waals surface area contributed by atoms with Gasteiger partial charge in [0.05, 0.1) is 26.9 Å². The number of carbonyl (C=O) groups excluding carboxylic acids is 1. The number of nitrogens with zero attached hydrogens (tertiary/aromatic N) is 3. The molecule has 6 aliphatic rings. The Labute approximate surface area is 179 Å². The summed E-state index contributed by atoms with van der Waals surface area (Å²) in [5.74, 6) is 2.87. The van der Waals surface area contributed by atoms with Crippen LogP contribution in [0.2, 0.25) is 0 Å². The number of piperidine rings is 2. The zero-order chi connectivity index (χ0) is 20.0. The molecular weight excluding hydrogens is 394 g/mol. The van der Waals surface area contributed by atoms with Gasteiger partial charge in [0.15, 0.2) is 0 Å². The van der Waals surface area contributed by atoms with Gasteiger partial charge in [-0.2, -0.15) is 0 Å². The van der Waals surface area contributed by atoms with Gasteiger partial charge < -0.3 is 14.4 Å². The van der Waals surface area contributed by atoms with Crippen LogP contribution in [-0.2, 0) is 9.53 Å². The summed E-state index contributed by atoms with van der Waals surface area (Å²) in [6.45, 7) is 4.22. The van der Waals surface area contributed by atoms with Crippen molar-refractivity contribution in [3.8, 4) is 10.6 Å². The molecule has 2 saturated carbocycles. The molecule has 0 spiro atoms. The fraction of sp³-hybridized carbons (Fsp3) is 0.458. The van der Waals surface area contributed by atoms with E-state index in [0.717, 1.165) is 43.7 Å². The molecular formula is C24H24N3O2S+. The summed E-state index contributed by atoms with van der Waals surface area (Å²) in [6.07, 6.45) is 1.63. The molecule has 5 nitrogen and oxygen atoms in total. The Kier molecular flexibility index (Phi) is 3.54. The number of fused-ring (bicyclic) bond motifs is 4. The van der Waals surface area contributed by atoms with Crippen molar-refractivity contribution < 1.29 is 9.53 Å². The number of rotatable bonds is 3. The van der Waals surface area contributed by atoms with Crippen LogP contribution in [0.1, 0.15) is 0 Å². The third-order valence-electron chi connectivity index (χ3n) is 7.88. The fourth-order valence-corrected chi connectivity index (χ4v) is 7.05. The maximum Gasteiger partial charge on any atom is 0.201 e. The Morgan fingerprint density at radius 2 is 1.90 bits per heavy atom.